The second-order valence-corrected chi connectivity index (χ2v) is 4.38. The average molecular weight is 243 g/mol. The minimum absolute atomic E-state index is 0.175. The summed E-state index contributed by atoms with van der Waals surface area (Å²) < 4.78 is 13.7. The van der Waals surface area contributed by atoms with Crippen LogP contribution in [0.25, 0.3) is 11.1 Å². The average Bonchev–Trinajstić information content (AvgIpc) is 2.40. The van der Waals surface area contributed by atoms with E-state index in [9.17, 15) is 4.39 Å². The summed E-state index contributed by atoms with van der Waals surface area (Å²) in [4.78, 5) is 0. The molecule has 2 heteroatoms. The molecule has 0 saturated carbocycles. The van der Waals surface area contributed by atoms with Gasteiger partial charge in [0.25, 0.3) is 0 Å². The molecule has 0 bridgehead atoms. The first-order valence-corrected chi connectivity index (χ1v) is 6.30. The Morgan fingerprint density at radius 2 is 1.89 bits per heavy atom. The molecule has 0 radical (unpaired) electrons. The quantitative estimate of drug-likeness (QED) is 0.850. The van der Waals surface area contributed by atoms with Crippen molar-refractivity contribution in [1.82, 2.24) is 5.32 Å². The highest BCUT2D eigenvalue weighted by Crippen LogP contribution is 2.25. The highest BCUT2D eigenvalue weighted by molar-refractivity contribution is 5.64. The molecular formula is C16H18FN. The molecule has 0 aromatic heterocycles. The van der Waals surface area contributed by atoms with Crippen molar-refractivity contribution in [2.75, 3.05) is 6.54 Å². The molecule has 94 valence electrons. The van der Waals surface area contributed by atoms with Gasteiger partial charge in [0.05, 0.1) is 0 Å². The zero-order valence-corrected chi connectivity index (χ0v) is 10.8. The molecule has 18 heavy (non-hydrogen) atoms. The third-order valence-corrected chi connectivity index (χ3v) is 3.08. The van der Waals surface area contributed by atoms with Crippen LogP contribution in [-0.2, 0) is 0 Å². The van der Waals surface area contributed by atoms with Gasteiger partial charge in [0.1, 0.15) is 5.82 Å². The predicted molar refractivity (Wildman–Crippen MR) is 73.9 cm³/mol. The number of nitrogens with one attached hydrogen (secondary N) is 1. The minimum atomic E-state index is -0.175. The fraction of sp³-hybridized carbons (Fsp3) is 0.250. The van der Waals surface area contributed by atoms with E-state index in [1.165, 1.54) is 11.6 Å². The summed E-state index contributed by atoms with van der Waals surface area (Å²) in [7, 11) is 0. The van der Waals surface area contributed by atoms with E-state index in [1.807, 2.05) is 30.3 Å². The highest BCUT2D eigenvalue weighted by atomic mass is 19.1. The number of hydrogen-bond acceptors (Lipinski definition) is 1. The normalized spacial score (nSPS) is 12.4. The summed E-state index contributed by atoms with van der Waals surface area (Å²) in [5, 5.41) is 3.36. The Balaban J connectivity index is 2.36. The Morgan fingerprint density at radius 3 is 2.61 bits per heavy atom. The van der Waals surface area contributed by atoms with Crippen LogP contribution in [0, 0.1) is 5.82 Å². The zero-order chi connectivity index (χ0) is 13.0. The van der Waals surface area contributed by atoms with Crippen molar-refractivity contribution in [1.29, 1.82) is 0 Å². The molecule has 0 fully saturated rings. The third kappa shape index (κ3) is 2.77. The maximum absolute atomic E-state index is 13.7. The van der Waals surface area contributed by atoms with Gasteiger partial charge in [0.15, 0.2) is 0 Å². The Kier molecular flexibility index (Phi) is 4.11. The number of halogens is 1. The molecule has 2 aromatic rings. The van der Waals surface area contributed by atoms with Gasteiger partial charge in [-0.2, -0.15) is 0 Å². The number of hydrogen-bond donors (Lipinski definition) is 1. The van der Waals surface area contributed by atoms with E-state index < -0.39 is 0 Å². The summed E-state index contributed by atoms with van der Waals surface area (Å²) in [6, 6.07) is 15.2. The molecular weight excluding hydrogens is 225 g/mol. The van der Waals surface area contributed by atoms with E-state index in [0.717, 1.165) is 12.1 Å². The van der Waals surface area contributed by atoms with Crippen molar-refractivity contribution in [2.24, 2.45) is 0 Å². The molecule has 0 saturated heterocycles. The molecule has 0 aliphatic carbocycles. The molecule has 1 atom stereocenters. The first-order chi connectivity index (χ1) is 8.72. The van der Waals surface area contributed by atoms with Crippen molar-refractivity contribution in [3.8, 4) is 11.1 Å². The maximum atomic E-state index is 13.7. The molecule has 0 aliphatic heterocycles. The van der Waals surface area contributed by atoms with Gasteiger partial charge in [-0.05, 0) is 36.7 Å². The lowest BCUT2D eigenvalue weighted by molar-refractivity contribution is 0.598. The van der Waals surface area contributed by atoms with E-state index in [1.54, 1.807) is 6.07 Å². The zero-order valence-electron chi connectivity index (χ0n) is 10.8. The van der Waals surface area contributed by atoms with Crippen LogP contribution < -0.4 is 5.32 Å². The van der Waals surface area contributed by atoms with Crippen molar-refractivity contribution in [3.63, 3.8) is 0 Å². The van der Waals surface area contributed by atoms with Crippen LogP contribution in [0.3, 0.4) is 0 Å². The van der Waals surface area contributed by atoms with Gasteiger partial charge in [-0.1, -0.05) is 43.3 Å². The lowest BCUT2D eigenvalue weighted by Gasteiger charge is -2.14. The summed E-state index contributed by atoms with van der Waals surface area (Å²) in [5.74, 6) is -0.175. The summed E-state index contributed by atoms with van der Waals surface area (Å²) >= 11 is 0. The van der Waals surface area contributed by atoms with Crippen molar-refractivity contribution >= 4 is 0 Å². The van der Waals surface area contributed by atoms with E-state index >= 15 is 0 Å². The lowest BCUT2D eigenvalue weighted by atomic mass is 10.00. The van der Waals surface area contributed by atoms with Crippen LogP contribution in [0.1, 0.15) is 25.5 Å². The lowest BCUT2D eigenvalue weighted by Crippen LogP contribution is -2.17. The van der Waals surface area contributed by atoms with Crippen molar-refractivity contribution in [3.05, 3.63) is 59.9 Å². The number of rotatable bonds is 4. The van der Waals surface area contributed by atoms with Gasteiger partial charge in [-0.25, -0.2) is 4.39 Å². The van der Waals surface area contributed by atoms with Gasteiger partial charge in [-0.3, -0.25) is 0 Å². The molecule has 1 N–H and O–H groups in total. The van der Waals surface area contributed by atoms with Crippen LogP contribution in [0.4, 0.5) is 4.39 Å². The molecule has 0 spiro atoms. The van der Waals surface area contributed by atoms with E-state index in [-0.39, 0.29) is 11.9 Å². The fourth-order valence-electron chi connectivity index (χ4n) is 2.09. The minimum Gasteiger partial charge on any atom is -0.310 e. The van der Waals surface area contributed by atoms with E-state index in [0.29, 0.717) is 5.56 Å². The van der Waals surface area contributed by atoms with Crippen LogP contribution in [0.5, 0.6) is 0 Å². The standard InChI is InChI=1S/C16H18FN/c1-3-18-12(2)13-7-6-8-14(11-13)15-9-4-5-10-16(15)17/h4-12,18H,3H2,1-2H3. The summed E-state index contributed by atoms with van der Waals surface area (Å²) in [6.45, 7) is 5.12. The molecule has 1 unspecified atom stereocenters. The molecule has 0 amide bonds. The van der Waals surface area contributed by atoms with Crippen molar-refractivity contribution in [2.45, 2.75) is 19.9 Å². The first kappa shape index (κ1) is 12.8. The van der Waals surface area contributed by atoms with Crippen LogP contribution in [-0.4, -0.2) is 6.54 Å². The van der Waals surface area contributed by atoms with E-state index in [4.69, 9.17) is 0 Å². The first-order valence-electron chi connectivity index (χ1n) is 6.30. The van der Waals surface area contributed by atoms with Crippen LogP contribution >= 0.6 is 0 Å². The van der Waals surface area contributed by atoms with Gasteiger partial charge in [0, 0.05) is 11.6 Å². The Hall–Kier alpha value is -1.67. The predicted octanol–water partition coefficient (Wildman–Crippen LogP) is 4.16. The SMILES string of the molecule is CCNC(C)c1cccc(-c2ccccc2F)c1. The topological polar surface area (TPSA) is 12.0 Å². The largest absolute Gasteiger partial charge is 0.310 e. The second-order valence-electron chi connectivity index (χ2n) is 4.38. The second kappa shape index (κ2) is 5.78. The summed E-state index contributed by atoms with van der Waals surface area (Å²) in [5.41, 5.74) is 2.76. The Morgan fingerprint density at radius 1 is 1.11 bits per heavy atom. The smallest absolute Gasteiger partial charge is 0.131 e. The Labute approximate surface area is 108 Å². The monoisotopic (exact) mass is 243 g/mol. The third-order valence-electron chi connectivity index (χ3n) is 3.08. The van der Waals surface area contributed by atoms with Gasteiger partial charge >= 0.3 is 0 Å². The summed E-state index contributed by atoms with van der Waals surface area (Å²) in [6.07, 6.45) is 0. The Bertz CT molecular complexity index is 522. The van der Waals surface area contributed by atoms with Crippen LogP contribution in [0.2, 0.25) is 0 Å². The van der Waals surface area contributed by atoms with Gasteiger partial charge in [-0.15, -0.1) is 0 Å². The molecule has 0 aliphatic rings. The van der Waals surface area contributed by atoms with Gasteiger partial charge < -0.3 is 5.32 Å². The van der Waals surface area contributed by atoms with E-state index in [2.05, 4.69) is 25.2 Å². The van der Waals surface area contributed by atoms with Gasteiger partial charge in [0.2, 0.25) is 0 Å². The maximum Gasteiger partial charge on any atom is 0.131 e. The number of benzene rings is 2. The molecule has 2 aromatic carbocycles. The highest BCUT2D eigenvalue weighted by Gasteiger charge is 2.07. The van der Waals surface area contributed by atoms with Crippen molar-refractivity contribution < 1.29 is 4.39 Å². The van der Waals surface area contributed by atoms with Crippen LogP contribution in [0.15, 0.2) is 48.5 Å². The molecule has 1 nitrogen and oxygen atoms in total. The molecule has 0 heterocycles. The fourth-order valence-corrected chi connectivity index (χ4v) is 2.09. The molecule has 2 rings (SSSR count).